The van der Waals surface area contributed by atoms with Crippen LogP contribution in [0.25, 0.3) is 21.6 Å². The predicted octanol–water partition coefficient (Wildman–Crippen LogP) is 3.60. The van der Waals surface area contributed by atoms with Crippen LogP contribution in [0, 0.1) is 29.1 Å². The van der Waals surface area contributed by atoms with Crippen molar-refractivity contribution in [2.75, 3.05) is 18.0 Å². The van der Waals surface area contributed by atoms with Gasteiger partial charge in [0.25, 0.3) is 6.43 Å². The summed E-state index contributed by atoms with van der Waals surface area (Å²) in [5, 5.41) is 32.6. The summed E-state index contributed by atoms with van der Waals surface area (Å²) in [4.78, 5) is 2.12. The van der Waals surface area contributed by atoms with Crippen LogP contribution < -0.4 is 9.62 Å². The van der Waals surface area contributed by atoms with Crippen LogP contribution in [-0.2, 0) is 17.1 Å². The summed E-state index contributed by atoms with van der Waals surface area (Å²) in [6, 6.07) is 5.14. The van der Waals surface area contributed by atoms with Crippen molar-refractivity contribution in [1.82, 2.24) is 24.7 Å². The van der Waals surface area contributed by atoms with Gasteiger partial charge in [0.15, 0.2) is 10.0 Å². The van der Waals surface area contributed by atoms with Crippen LogP contribution in [-0.4, -0.2) is 57.7 Å². The molecule has 14 heteroatoms. The molecule has 0 radical (unpaired) electrons. The number of benzene rings is 1. The molecule has 2 bridgehead atoms. The number of piperidine rings is 1. The first-order valence-corrected chi connectivity index (χ1v) is 15.2. The van der Waals surface area contributed by atoms with E-state index in [0.717, 1.165) is 12.8 Å². The van der Waals surface area contributed by atoms with Crippen molar-refractivity contribution in [1.29, 1.82) is 5.26 Å². The number of aliphatic hydroxyl groups is 1. The third kappa shape index (κ3) is 4.49. The normalized spacial score (nSPS) is 24.5. The zero-order chi connectivity index (χ0) is 27.9. The van der Waals surface area contributed by atoms with Crippen LogP contribution in [0.3, 0.4) is 0 Å². The molecule has 1 saturated heterocycles. The molecule has 2 N–H and O–H groups in total. The molecule has 2 saturated carbocycles. The summed E-state index contributed by atoms with van der Waals surface area (Å²) in [5.74, 6) is 0.601. The lowest BCUT2D eigenvalue weighted by molar-refractivity contribution is -0.0247. The highest BCUT2D eigenvalue weighted by Gasteiger charge is 2.49. The molecular weight excluding hydrogens is 548 g/mol. The van der Waals surface area contributed by atoms with Crippen LogP contribution in [0.15, 0.2) is 17.0 Å². The number of aryl methyl sites for hydroxylation is 1. The molecule has 6 rings (SSSR count). The van der Waals surface area contributed by atoms with Crippen molar-refractivity contribution in [2.45, 2.75) is 62.0 Å². The molecule has 2 aliphatic carbocycles. The Balaban J connectivity index is 1.50. The van der Waals surface area contributed by atoms with Gasteiger partial charge in [-0.2, -0.15) is 15.1 Å². The van der Waals surface area contributed by atoms with E-state index in [1.807, 2.05) is 13.8 Å². The average Bonchev–Trinajstić information content (AvgIpc) is 3.18. The molecule has 0 spiro atoms. The van der Waals surface area contributed by atoms with Gasteiger partial charge < -0.3 is 10.0 Å². The first-order chi connectivity index (χ1) is 18.3. The van der Waals surface area contributed by atoms with E-state index in [1.54, 1.807) is 17.8 Å². The van der Waals surface area contributed by atoms with Gasteiger partial charge in [-0.15, -0.1) is 10.2 Å². The van der Waals surface area contributed by atoms with E-state index >= 15 is 0 Å². The summed E-state index contributed by atoms with van der Waals surface area (Å²) in [7, 11) is -2.37. The van der Waals surface area contributed by atoms with E-state index in [1.165, 1.54) is 6.07 Å². The Kier molecular flexibility index (Phi) is 6.04. The molecule has 3 aromatic rings. The van der Waals surface area contributed by atoms with Gasteiger partial charge in [-0.05, 0) is 69.4 Å². The lowest BCUT2D eigenvalue weighted by atomic mass is 9.74. The minimum absolute atomic E-state index is 0.0312. The zero-order valence-corrected chi connectivity index (χ0v) is 23.4. The number of hydrogen-bond donors (Lipinski definition) is 2. The van der Waals surface area contributed by atoms with E-state index in [2.05, 4.69) is 31.0 Å². The van der Waals surface area contributed by atoms with Crippen molar-refractivity contribution in [3.63, 3.8) is 0 Å². The number of nitrogens with zero attached hydrogens (tertiary/aromatic N) is 6. The number of halogens is 2. The Bertz CT molecular complexity index is 1590. The second kappa shape index (κ2) is 8.89. The highest BCUT2D eigenvalue weighted by Crippen LogP contribution is 2.49. The highest BCUT2D eigenvalue weighted by atomic mass is 32.2. The second-order valence-corrected chi connectivity index (χ2v) is 14.2. The van der Waals surface area contributed by atoms with Crippen LogP contribution in [0.4, 0.5) is 14.5 Å². The van der Waals surface area contributed by atoms with Gasteiger partial charge in [-0.25, -0.2) is 17.2 Å². The topological polar surface area (TPSA) is 137 Å². The molecule has 1 aromatic carbocycles. The number of fused-ring (bicyclic) bond motifs is 3. The van der Waals surface area contributed by atoms with Crippen molar-refractivity contribution < 1.29 is 22.3 Å². The molecule has 2 unspecified atom stereocenters. The minimum Gasteiger partial charge on any atom is -0.390 e. The molecule has 2 atom stereocenters. The van der Waals surface area contributed by atoms with E-state index in [4.69, 9.17) is 0 Å². The highest BCUT2D eigenvalue weighted by molar-refractivity contribution is 7.89. The Morgan fingerprint density at radius 1 is 1.23 bits per heavy atom. The van der Waals surface area contributed by atoms with Crippen molar-refractivity contribution >= 4 is 38.0 Å². The van der Waals surface area contributed by atoms with Crippen molar-refractivity contribution in [3.05, 3.63) is 17.1 Å². The maximum atomic E-state index is 13.5. The number of nitrogens with one attached hydrogen (secondary N) is 1. The molecule has 208 valence electrons. The van der Waals surface area contributed by atoms with Gasteiger partial charge in [-0.3, -0.25) is 4.68 Å². The fraction of sp³-hybridized carbons (Fsp3) is 0.600. The van der Waals surface area contributed by atoms with Gasteiger partial charge >= 0.3 is 0 Å². The molecular formula is C25H29F2N7O3S2. The summed E-state index contributed by atoms with van der Waals surface area (Å²) < 4.78 is 57.8. The monoisotopic (exact) mass is 577 g/mol. The number of nitriles is 1. The summed E-state index contributed by atoms with van der Waals surface area (Å²) >= 11 is 0.717. The van der Waals surface area contributed by atoms with Gasteiger partial charge in [0.05, 0.1) is 27.8 Å². The number of sulfonamides is 1. The summed E-state index contributed by atoms with van der Waals surface area (Å²) in [6.07, 6.45) is 0.0352. The van der Waals surface area contributed by atoms with Crippen LogP contribution in [0.5, 0.6) is 0 Å². The van der Waals surface area contributed by atoms with Crippen LogP contribution >= 0.6 is 11.3 Å². The third-order valence-corrected chi connectivity index (χ3v) is 10.8. The second-order valence-electron chi connectivity index (χ2n) is 11.5. The maximum Gasteiger partial charge on any atom is 0.291 e. The molecule has 0 amide bonds. The van der Waals surface area contributed by atoms with Crippen LogP contribution in [0.2, 0.25) is 0 Å². The number of anilines is 1. The fourth-order valence-corrected chi connectivity index (χ4v) is 8.71. The number of aromatic nitrogens is 4. The average molecular weight is 578 g/mol. The third-order valence-electron chi connectivity index (χ3n) is 8.32. The Labute approximate surface area is 228 Å². The summed E-state index contributed by atoms with van der Waals surface area (Å²) in [6.45, 7) is 4.96. The lowest BCUT2D eigenvalue weighted by Gasteiger charge is -2.44. The van der Waals surface area contributed by atoms with E-state index < -0.39 is 32.6 Å². The van der Waals surface area contributed by atoms with E-state index in [9.17, 15) is 27.6 Å². The molecule has 39 heavy (non-hydrogen) atoms. The number of rotatable bonds is 7. The SMILES string of the molecule is Cn1nc(-c2nnc(C(F)F)s2)c2cc(S(=O)(=O)NC3(C#N)CC3)cc(N3CC4CCC(C3)C4C(C)(C)O)c21. The quantitative estimate of drug-likeness (QED) is 0.435. The standard InChI is InChI=1S/C25H29F2N7O3S2/c1-24(2,35)18-13-4-5-14(18)11-34(10-13)17-9-15(39(36,37)32-25(12-28)6-7-25)8-16-19(31-33(3)20(16)17)22-29-30-23(38-22)21(26)27/h8-9,13-14,18,21,32,35H,4-7,10-11H2,1-3H3. The summed E-state index contributed by atoms with van der Waals surface area (Å²) in [5.41, 5.74) is -0.355. The molecule has 2 aromatic heterocycles. The lowest BCUT2D eigenvalue weighted by Crippen LogP contribution is -2.49. The number of alkyl halides is 2. The van der Waals surface area contributed by atoms with Gasteiger partial charge in [0.2, 0.25) is 10.0 Å². The number of hydrogen-bond acceptors (Lipinski definition) is 9. The first kappa shape index (κ1) is 26.5. The smallest absolute Gasteiger partial charge is 0.291 e. The van der Waals surface area contributed by atoms with E-state index in [-0.39, 0.29) is 33.4 Å². The molecule has 3 aliphatic rings. The van der Waals surface area contributed by atoms with Gasteiger partial charge in [0, 0.05) is 25.5 Å². The Morgan fingerprint density at radius 2 is 1.90 bits per heavy atom. The van der Waals surface area contributed by atoms with Crippen LogP contribution in [0.1, 0.15) is 51.0 Å². The largest absolute Gasteiger partial charge is 0.390 e. The van der Waals surface area contributed by atoms with Gasteiger partial charge in [-0.1, -0.05) is 11.3 Å². The minimum atomic E-state index is -4.09. The fourth-order valence-electron chi connectivity index (χ4n) is 6.59. The molecule has 3 heterocycles. The zero-order valence-electron chi connectivity index (χ0n) is 21.7. The Hall–Kier alpha value is -2.73. The van der Waals surface area contributed by atoms with Gasteiger partial charge in [0.1, 0.15) is 11.2 Å². The maximum absolute atomic E-state index is 13.5. The van der Waals surface area contributed by atoms with E-state index in [0.29, 0.717) is 53.9 Å². The molecule has 10 nitrogen and oxygen atoms in total. The van der Waals surface area contributed by atoms with Crippen molar-refractivity contribution in [3.8, 4) is 16.8 Å². The predicted molar refractivity (Wildman–Crippen MR) is 141 cm³/mol. The van der Waals surface area contributed by atoms with Crippen molar-refractivity contribution in [2.24, 2.45) is 24.8 Å². The molecule has 1 aliphatic heterocycles. The molecule has 3 fully saturated rings. The first-order valence-electron chi connectivity index (χ1n) is 12.9. The Morgan fingerprint density at radius 3 is 2.44 bits per heavy atom.